The van der Waals surface area contributed by atoms with Crippen LogP contribution in [0.5, 0.6) is 0 Å². The smallest absolute Gasteiger partial charge is 0.383 e. The fourth-order valence-electron chi connectivity index (χ4n) is 4.16. The lowest BCUT2D eigenvalue weighted by atomic mass is 10.0. The van der Waals surface area contributed by atoms with Crippen LogP contribution >= 0.6 is 0 Å². The van der Waals surface area contributed by atoms with Crippen LogP contribution in [0.4, 0.5) is 13.2 Å². The molecular formula is C22H32F3N5O. The normalized spacial score (nSPS) is 21.1. The molecule has 3 rings (SSSR count). The number of likely N-dealkylation sites (tertiary alicyclic amines) is 1. The lowest BCUT2D eigenvalue weighted by molar-refractivity contribution is -0.132. The minimum Gasteiger partial charge on any atom is -0.383 e. The number of hydrogen-bond acceptors (Lipinski definition) is 5. The molecule has 0 aromatic carbocycles. The molecule has 3 heterocycles. The van der Waals surface area contributed by atoms with E-state index in [9.17, 15) is 18.0 Å². The number of amides is 1. The molecule has 172 valence electrons. The minimum atomic E-state index is -4.33. The van der Waals surface area contributed by atoms with E-state index in [-0.39, 0.29) is 12.5 Å². The average molecular weight is 440 g/mol. The first-order valence-corrected chi connectivity index (χ1v) is 10.8. The topological polar surface area (TPSA) is 50.9 Å². The zero-order valence-electron chi connectivity index (χ0n) is 17.9. The van der Waals surface area contributed by atoms with E-state index in [2.05, 4.69) is 33.6 Å². The molecule has 6 nitrogen and oxygen atoms in total. The Kier molecular flexibility index (Phi) is 7.69. The number of hydrogen-bond donors (Lipinski definition) is 2. The van der Waals surface area contributed by atoms with Crippen molar-refractivity contribution in [3.63, 3.8) is 0 Å². The van der Waals surface area contributed by atoms with Gasteiger partial charge in [0.2, 0.25) is 5.91 Å². The summed E-state index contributed by atoms with van der Waals surface area (Å²) in [6.45, 7) is 13.1. The van der Waals surface area contributed by atoms with Crippen molar-refractivity contribution < 1.29 is 18.0 Å². The van der Waals surface area contributed by atoms with E-state index in [0.29, 0.717) is 19.0 Å². The Balaban J connectivity index is 1.36. The molecule has 2 fully saturated rings. The number of carbonyl (C=O) groups excluding carboxylic acids is 1. The lowest BCUT2D eigenvalue weighted by Gasteiger charge is -2.38. The predicted molar refractivity (Wildman–Crippen MR) is 115 cm³/mol. The number of dihydropyridines is 1. The highest BCUT2D eigenvalue weighted by molar-refractivity contribution is 5.76. The van der Waals surface area contributed by atoms with Gasteiger partial charge in [-0.15, -0.1) is 0 Å². The molecule has 0 bridgehead atoms. The molecule has 0 aliphatic carbocycles. The van der Waals surface area contributed by atoms with Gasteiger partial charge in [0.1, 0.15) is 5.70 Å². The molecule has 0 radical (unpaired) electrons. The molecule has 0 atom stereocenters. The number of piperidine rings is 1. The quantitative estimate of drug-likeness (QED) is 0.596. The van der Waals surface area contributed by atoms with Crippen molar-refractivity contribution >= 4 is 5.91 Å². The second-order valence-corrected chi connectivity index (χ2v) is 8.20. The van der Waals surface area contributed by atoms with Gasteiger partial charge in [-0.3, -0.25) is 9.69 Å². The van der Waals surface area contributed by atoms with Crippen LogP contribution in [0.3, 0.4) is 0 Å². The summed E-state index contributed by atoms with van der Waals surface area (Å²) in [5.74, 6) is 0.187. The van der Waals surface area contributed by atoms with Crippen LogP contribution in [0.1, 0.15) is 19.3 Å². The number of piperazine rings is 1. The predicted octanol–water partition coefficient (Wildman–Crippen LogP) is 2.21. The van der Waals surface area contributed by atoms with E-state index in [1.807, 2.05) is 4.90 Å². The van der Waals surface area contributed by atoms with Crippen molar-refractivity contribution in [3.05, 3.63) is 48.5 Å². The van der Waals surface area contributed by atoms with Crippen LogP contribution < -0.4 is 10.6 Å². The maximum Gasteiger partial charge on any atom is 0.430 e. The molecule has 3 aliphatic heterocycles. The number of rotatable bonds is 7. The Hall–Kier alpha value is -2.42. The highest BCUT2D eigenvalue weighted by Crippen LogP contribution is 2.26. The zero-order chi connectivity index (χ0) is 22.4. The molecule has 2 N–H and O–H groups in total. The summed E-state index contributed by atoms with van der Waals surface area (Å²) in [6, 6.07) is 0.341. The molecule has 3 aliphatic rings. The molecular weight excluding hydrogens is 407 g/mol. The molecule has 0 saturated carbocycles. The third-order valence-electron chi connectivity index (χ3n) is 6.11. The van der Waals surface area contributed by atoms with Crippen molar-refractivity contribution in [3.8, 4) is 0 Å². The highest BCUT2D eigenvalue weighted by Gasteiger charge is 2.35. The van der Waals surface area contributed by atoms with Gasteiger partial charge in [0.25, 0.3) is 0 Å². The van der Waals surface area contributed by atoms with Crippen molar-refractivity contribution in [2.24, 2.45) is 0 Å². The van der Waals surface area contributed by atoms with E-state index in [0.717, 1.165) is 69.6 Å². The Labute approximate surface area is 182 Å². The fraction of sp³-hybridized carbons (Fsp3) is 0.591. The maximum atomic E-state index is 12.7. The average Bonchev–Trinajstić information content (AvgIpc) is 2.77. The van der Waals surface area contributed by atoms with Crippen LogP contribution in [-0.2, 0) is 4.79 Å². The Bertz CT molecular complexity index is 730. The Morgan fingerprint density at radius 2 is 1.84 bits per heavy atom. The lowest BCUT2D eigenvalue weighted by Crippen LogP contribution is -2.49. The number of nitrogens with zero attached hydrogens (tertiary/aromatic N) is 3. The largest absolute Gasteiger partial charge is 0.430 e. The first kappa shape index (κ1) is 23.2. The summed E-state index contributed by atoms with van der Waals surface area (Å²) in [4.78, 5) is 18.9. The molecule has 9 heteroatoms. The molecule has 0 unspecified atom stereocenters. The van der Waals surface area contributed by atoms with Gasteiger partial charge in [0.05, 0.1) is 6.54 Å². The minimum absolute atomic E-state index is 0.187. The highest BCUT2D eigenvalue weighted by atomic mass is 19.4. The number of allylic oxidation sites excluding steroid dienone is 4. The number of carbonyl (C=O) groups is 1. The van der Waals surface area contributed by atoms with Crippen LogP contribution in [-0.4, -0.2) is 85.2 Å². The summed E-state index contributed by atoms with van der Waals surface area (Å²) < 4.78 is 38.1. The number of halogens is 3. The molecule has 2 saturated heterocycles. The van der Waals surface area contributed by atoms with Gasteiger partial charge < -0.3 is 20.4 Å². The van der Waals surface area contributed by atoms with E-state index in [1.54, 1.807) is 12.2 Å². The standard InChI is InChI=1S/C22H32F3N5O/c1-3-17(2)27-18-6-10-30(11-7-18)21(31)8-9-28-12-14-29(15-13-28)19-4-5-20(26-16-19)22(23,24)25/h3-5,18,26-27H,1-2,6-16H2. The maximum absolute atomic E-state index is 12.7. The van der Waals surface area contributed by atoms with E-state index >= 15 is 0 Å². The summed E-state index contributed by atoms with van der Waals surface area (Å²) in [5, 5.41) is 5.78. The summed E-state index contributed by atoms with van der Waals surface area (Å²) in [5.41, 5.74) is 0.999. The first-order valence-electron chi connectivity index (χ1n) is 10.8. The van der Waals surface area contributed by atoms with E-state index < -0.39 is 11.9 Å². The summed E-state index contributed by atoms with van der Waals surface area (Å²) in [7, 11) is 0. The molecule has 31 heavy (non-hydrogen) atoms. The van der Waals surface area contributed by atoms with Gasteiger partial charge in [-0.2, -0.15) is 13.2 Å². The van der Waals surface area contributed by atoms with E-state index in [4.69, 9.17) is 0 Å². The van der Waals surface area contributed by atoms with Crippen molar-refractivity contribution in [1.82, 2.24) is 25.3 Å². The zero-order valence-corrected chi connectivity index (χ0v) is 17.9. The molecule has 0 aromatic heterocycles. The van der Waals surface area contributed by atoms with Gasteiger partial charge in [0.15, 0.2) is 0 Å². The Morgan fingerprint density at radius 3 is 2.39 bits per heavy atom. The van der Waals surface area contributed by atoms with Gasteiger partial charge in [0, 0.05) is 69.7 Å². The van der Waals surface area contributed by atoms with Crippen LogP contribution in [0.15, 0.2) is 48.5 Å². The second kappa shape index (κ2) is 10.3. The van der Waals surface area contributed by atoms with E-state index in [1.165, 1.54) is 0 Å². The first-order chi connectivity index (χ1) is 14.8. The monoisotopic (exact) mass is 439 g/mol. The van der Waals surface area contributed by atoms with Crippen LogP contribution in [0, 0.1) is 0 Å². The van der Waals surface area contributed by atoms with Gasteiger partial charge in [-0.1, -0.05) is 13.2 Å². The number of nitrogens with one attached hydrogen (secondary N) is 2. The second-order valence-electron chi connectivity index (χ2n) is 8.20. The van der Waals surface area contributed by atoms with Crippen molar-refractivity contribution in [2.45, 2.75) is 31.5 Å². The Morgan fingerprint density at radius 1 is 1.16 bits per heavy atom. The van der Waals surface area contributed by atoms with Crippen LogP contribution in [0.25, 0.3) is 0 Å². The van der Waals surface area contributed by atoms with Gasteiger partial charge in [-0.05, 0) is 31.1 Å². The molecule has 1 amide bonds. The summed E-state index contributed by atoms with van der Waals surface area (Å²) >= 11 is 0. The molecule has 0 aromatic rings. The molecule has 0 spiro atoms. The number of alkyl halides is 3. The van der Waals surface area contributed by atoms with Gasteiger partial charge >= 0.3 is 6.18 Å². The van der Waals surface area contributed by atoms with Crippen LogP contribution in [0.2, 0.25) is 0 Å². The SMILES string of the molecule is C=CC(=C)NC1CCN(C(=O)CCN2CCN(C3=CC=C(C(F)(F)F)NC3)CC2)CC1. The van der Waals surface area contributed by atoms with Crippen molar-refractivity contribution in [2.75, 3.05) is 52.4 Å². The van der Waals surface area contributed by atoms with Gasteiger partial charge in [-0.25, -0.2) is 0 Å². The fourth-order valence-corrected chi connectivity index (χ4v) is 4.16. The summed E-state index contributed by atoms with van der Waals surface area (Å²) in [6.07, 6.45) is 2.35. The third kappa shape index (κ3) is 6.53. The van der Waals surface area contributed by atoms with Crippen molar-refractivity contribution in [1.29, 1.82) is 0 Å². The third-order valence-corrected chi connectivity index (χ3v) is 6.11.